The molecule has 162 valence electrons. The van der Waals surface area contributed by atoms with Gasteiger partial charge in [-0.15, -0.1) is 0 Å². The summed E-state index contributed by atoms with van der Waals surface area (Å²) in [5.74, 6) is -0.509. The van der Waals surface area contributed by atoms with Gasteiger partial charge >= 0.3 is 5.97 Å². The molecule has 0 fully saturated rings. The molecular formula is C22H18N4O5S. The van der Waals surface area contributed by atoms with Crippen LogP contribution in [0.4, 0.5) is 11.4 Å². The summed E-state index contributed by atoms with van der Waals surface area (Å²) < 4.78 is 5.53. The summed E-state index contributed by atoms with van der Waals surface area (Å²) in [6.45, 7) is 0. The number of carbonyl (C=O) groups is 1. The molecule has 0 atom stereocenters. The summed E-state index contributed by atoms with van der Waals surface area (Å²) in [6, 6.07) is 17.8. The molecule has 32 heavy (non-hydrogen) atoms. The molecule has 0 aliphatic rings. The topological polar surface area (TPSA) is 126 Å². The molecule has 3 aromatic carbocycles. The first kappa shape index (κ1) is 22.4. The Morgan fingerprint density at radius 2 is 1.88 bits per heavy atom. The molecule has 9 nitrogen and oxygen atoms in total. The molecule has 0 amide bonds. The number of ether oxygens (including phenoxy) is 1. The second kappa shape index (κ2) is 10.1. The van der Waals surface area contributed by atoms with Gasteiger partial charge in [0.2, 0.25) is 0 Å². The van der Waals surface area contributed by atoms with Crippen molar-refractivity contribution in [1.29, 1.82) is 0 Å². The molecule has 0 spiro atoms. The molecule has 10 heteroatoms. The van der Waals surface area contributed by atoms with Crippen LogP contribution in [0.2, 0.25) is 0 Å². The van der Waals surface area contributed by atoms with Crippen LogP contribution in [0, 0.1) is 10.1 Å². The van der Waals surface area contributed by atoms with Crippen LogP contribution in [0.25, 0.3) is 11.1 Å². The van der Waals surface area contributed by atoms with Gasteiger partial charge in [0.1, 0.15) is 5.75 Å². The van der Waals surface area contributed by atoms with Crippen molar-refractivity contribution >= 4 is 40.9 Å². The lowest BCUT2D eigenvalue weighted by Gasteiger charge is -2.12. The smallest absolute Gasteiger partial charge is 0.335 e. The van der Waals surface area contributed by atoms with Gasteiger partial charge in [-0.2, -0.15) is 5.10 Å². The van der Waals surface area contributed by atoms with Crippen molar-refractivity contribution in [2.75, 3.05) is 12.4 Å². The number of non-ortho nitro benzene ring substituents is 1. The summed E-state index contributed by atoms with van der Waals surface area (Å²) in [5.41, 5.74) is 5.40. The van der Waals surface area contributed by atoms with Crippen LogP contribution >= 0.6 is 12.2 Å². The number of hydrazone groups is 1. The van der Waals surface area contributed by atoms with Crippen LogP contribution < -0.4 is 15.5 Å². The summed E-state index contributed by atoms with van der Waals surface area (Å²) in [6.07, 6.45) is 1.52. The van der Waals surface area contributed by atoms with Crippen molar-refractivity contribution in [1.82, 2.24) is 5.43 Å². The number of aromatic carboxylic acids is 1. The summed E-state index contributed by atoms with van der Waals surface area (Å²) in [7, 11) is 1.51. The van der Waals surface area contributed by atoms with Gasteiger partial charge in [0.15, 0.2) is 5.11 Å². The van der Waals surface area contributed by atoms with E-state index in [9.17, 15) is 14.9 Å². The zero-order valence-corrected chi connectivity index (χ0v) is 17.6. The van der Waals surface area contributed by atoms with Crippen molar-refractivity contribution in [3.63, 3.8) is 0 Å². The second-order valence-electron chi connectivity index (χ2n) is 6.44. The number of rotatable bonds is 7. The van der Waals surface area contributed by atoms with Gasteiger partial charge in [-0.3, -0.25) is 15.5 Å². The van der Waals surface area contributed by atoms with E-state index < -0.39 is 10.9 Å². The number of carboxylic acids is 1. The van der Waals surface area contributed by atoms with Gasteiger partial charge in [0.25, 0.3) is 5.69 Å². The van der Waals surface area contributed by atoms with Crippen LogP contribution in [-0.2, 0) is 0 Å². The maximum atomic E-state index is 11.1. The van der Waals surface area contributed by atoms with Crippen molar-refractivity contribution in [3.05, 3.63) is 88.0 Å². The number of anilines is 1. The summed E-state index contributed by atoms with van der Waals surface area (Å²) >= 11 is 5.19. The third-order valence-corrected chi connectivity index (χ3v) is 4.57. The number of hydrogen-bond donors (Lipinski definition) is 3. The van der Waals surface area contributed by atoms with E-state index in [2.05, 4.69) is 15.8 Å². The number of hydrogen-bond acceptors (Lipinski definition) is 6. The minimum absolute atomic E-state index is 0.0156. The largest absolute Gasteiger partial charge is 0.495 e. The fourth-order valence-corrected chi connectivity index (χ4v) is 3.08. The lowest BCUT2D eigenvalue weighted by molar-refractivity contribution is -0.384. The van der Waals surface area contributed by atoms with Crippen molar-refractivity contribution in [3.8, 4) is 16.9 Å². The first-order valence-electron chi connectivity index (χ1n) is 9.24. The molecule has 0 aliphatic carbocycles. The second-order valence-corrected chi connectivity index (χ2v) is 6.85. The maximum Gasteiger partial charge on any atom is 0.335 e. The number of thiocarbonyl (C=S) groups is 1. The molecule has 0 bridgehead atoms. The van der Waals surface area contributed by atoms with Crippen LogP contribution in [0.1, 0.15) is 15.9 Å². The molecule has 3 rings (SSSR count). The van der Waals surface area contributed by atoms with Crippen LogP contribution in [-0.4, -0.2) is 34.4 Å². The van der Waals surface area contributed by atoms with Crippen LogP contribution in [0.15, 0.2) is 71.8 Å². The van der Waals surface area contributed by atoms with Crippen molar-refractivity contribution in [2.24, 2.45) is 5.10 Å². The SMILES string of the molecule is COc1c(/C=N/NC(=S)Nc2ccc(C(=O)O)cc2)cccc1-c1cccc([N+](=O)[O-])c1. The van der Waals surface area contributed by atoms with E-state index in [1.54, 1.807) is 42.5 Å². The molecule has 0 radical (unpaired) electrons. The van der Waals surface area contributed by atoms with Crippen LogP contribution in [0.3, 0.4) is 0 Å². The quantitative estimate of drug-likeness (QED) is 0.211. The van der Waals surface area contributed by atoms with Gasteiger partial charge < -0.3 is 15.2 Å². The fourth-order valence-electron chi connectivity index (χ4n) is 2.91. The van der Waals surface area contributed by atoms with E-state index in [-0.39, 0.29) is 16.4 Å². The minimum atomic E-state index is -1.01. The number of nitro benzene ring substituents is 1. The molecule has 0 aromatic heterocycles. The Hall–Kier alpha value is -4.31. The maximum absolute atomic E-state index is 11.1. The zero-order valence-electron chi connectivity index (χ0n) is 16.8. The number of benzene rings is 3. The Morgan fingerprint density at radius 3 is 2.53 bits per heavy atom. The zero-order chi connectivity index (χ0) is 23.1. The number of methoxy groups -OCH3 is 1. The van der Waals surface area contributed by atoms with E-state index in [4.69, 9.17) is 22.1 Å². The molecule has 0 unspecified atom stereocenters. The van der Waals surface area contributed by atoms with Gasteiger partial charge in [0.05, 0.1) is 23.8 Å². The summed E-state index contributed by atoms with van der Waals surface area (Å²) in [4.78, 5) is 21.5. The lowest BCUT2D eigenvalue weighted by Crippen LogP contribution is -2.23. The Kier molecular flexibility index (Phi) is 7.09. The van der Waals surface area contributed by atoms with E-state index in [1.807, 2.05) is 0 Å². The van der Waals surface area contributed by atoms with Gasteiger partial charge in [0, 0.05) is 28.9 Å². The van der Waals surface area contributed by atoms with Crippen molar-refractivity contribution in [2.45, 2.75) is 0 Å². The molecule has 0 saturated carbocycles. The minimum Gasteiger partial charge on any atom is -0.495 e. The Balaban J connectivity index is 1.73. The lowest BCUT2D eigenvalue weighted by atomic mass is 10.0. The predicted octanol–water partition coefficient (Wildman–Crippen LogP) is 4.29. The molecule has 0 saturated heterocycles. The standard InChI is InChI=1S/C22H18N4O5S/c1-31-20-16(5-3-7-19(20)15-4-2-6-18(12-15)26(29)30)13-23-25-22(32)24-17-10-8-14(9-11-17)21(27)28/h2-13H,1H3,(H,27,28)(H2,24,25,32)/b23-13+. The monoisotopic (exact) mass is 450 g/mol. The Morgan fingerprint density at radius 1 is 1.16 bits per heavy atom. The highest BCUT2D eigenvalue weighted by molar-refractivity contribution is 7.80. The highest BCUT2D eigenvalue weighted by Gasteiger charge is 2.13. The molecular weight excluding hydrogens is 432 g/mol. The first-order chi connectivity index (χ1) is 15.4. The number of nitro groups is 1. The number of para-hydroxylation sites is 1. The molecule has 3 N–H and O–H groups in total. The molecule has 0 heterocycles. The van der Waals surface area contributed by atoms with E-state index in [0.717, 1.165) is 0 Å². The molecule has 3 aromatic rings. The Labute approximate surface area is 188 Å². The normalized spacial score (nSPS) is 10.5. The van der Waals surface area contributed by atoms with Crippen molar-refractivity contribution < 1.29 is 19.6 Å². The van der Waals surface area contributed by atoms with E-state index in [1.165, 1.54) is 37.6 Å². The highest BCUT2D eigenvalue weighted by atomic mass is 32.1. The predicted molar refractivity (Wildman–Crippen MR) is 125 cm³/mol. The molecule has 0 aliphatic heterocycles. The van der Waals surface area contributed by atoms with Gasteiger partial charge in [-0.25, -0.2) is 4.79 Å². The fraction of sp³-hybridized carbons (Fsp3) is 0.0455. The Bertz CT molecular complexity index is 1200. The van der Waals surface area contributed by atoms with E-state index in [0.29, 0.717) is 28.1 Å². The van der Waals surface area contributed by atoms with Crippen LogP contribution in [0.5, 0.6) is 5.75 Å². The third kappa shape index (κ3) is 5.43. The highest BCUT2D eigenvalue weighted by Crippen LogP contribution is 2.33. The summed E-state index contributed by atoms with van der Waals surface area (Å²) in [5, 5.41) is 27.2. The first-order valence-corrected chi connectivity index (χ1v) is 9.65. The van der Waals surface area contributed by atoms with Gasteiger partial charge in [-0.1, -0.05) is 24.3 Å². The van der Waals surface area contributed by atoms with Gasteiger partial charge in [-0.05, 0) is 48.1 Å². The average molecular weight is 450 g/mol. The number of nitrogens with one attached hydrogen (secondary N) is 2. The number of nitrogens with zero attached hydrogens (tertiary/aromatic N) is 2. The number of carboxylic acid groups (broad SMARTS) is 1. The van der Waals surface area contributed by atoms with E-state index >= 15 is 0 Å². The third-order valence-electron chi connectivity index (χ3n) is 4.38. The average Bonchev–Trinajstić information content (AvgIpc) is 2.79.